The molecular weight excluding hydrogens is 148 g/mol. The number of para-hydroxylation sites is 1. The highest BCUT2D eigenvalue weighted by molar-refractivity contribution is 5.89. The van der Waals surface area contributed by atoms with E-state index in [0.717, 1.165) is 16.6 Å². The first-order valence-electron chi connectivity index (χ1n) is 3.94. The van der Waals surface area contributed by atoms with E-state index in [1.54, 1.807) is 0 Å². The zero-order chi connectivity index (χ0) is 8.55. The summed E-state index contributed by atoms with van der Waals surface area (Å²) >= 11 is 0. The molecule has 2 rings (SSSR count). The Hall–Kier alpha value is -1.57. The van der Waals surface area contributed by atoms with Crippen molar-refractivity contribution in [3.63, 3.8) is 0 Å². The lowest BCUT2D eigenvalue weighted by atomic mass is 10.1. The van der Waals surface area contributed by atoms with Crippen molar-refractivity contribution in [2.24, 2.45) is 0 Å². The van der Waals surface area contributed by atoms with Gasteiger partial charge in [0.05, 0.1) is 11.1 Å². The van der Waals surface area contributed by atoms with E-state index < -0.39 is 0 Å². The van der Waals surface area contributed by atoms with Gasteiger partial charge in [-0.2, -0.15) is 0 Å². The number of rotatable bonds is 0. The average Bonchev–Trinajstić information content (AvgIpc) is 2.07. The standard InChI is InChI=1S/C10H10N2/c1-7-3-2-4-8-9(11)5-6-12-10(7)8/h2-6H,1H3,(H2,11,12)/p+1. The molecule has 2 heteroatoms. The van der Waals surface area contributed by atoms with E-state index in [1.807, 2.05) is 24.4 Å². The second kappa shape index (κ2) is 2.48. The Bertz CT molecular complexity index is 380. The zero-order valence-corrected chi connectivity index (χ0v) is 6.96. The highest BCUT2D eigenvalue weighted by Gasteiger charge is 2.04. The molecule has 1 aromatic heterocycles. The Balaban J connectivity index is 2.94. The molecular formula is C10H11N2+. The largest absolute Gasteiger partial charge is 0.398 e. The lowest BCUT2D eigenvalue weighted by Gasteiger charge is -1.97. The third kappa shape index (κ3) is 0.925. The van der Waals surface area contributed by atoms with E-state index in [4.69, 9.17) is 5.73 Å². The van der Waals surface area contributed by atoms with E-state index in [9.17, 15) is 0 Å². The molecule has 0 radical (unpaired) electrons. The van der Waals surface area contributed by atoms with Crippen molar-refractivity contribution < 1.29 is 4.98 Å². The molecule has 1 heterocycles. The monoisotopic (exact) mass is 159 g/mol. The summed E-state index contributed by atoms with van der Waals surface area (Å²) in [6, 6.07) is 7.98. The first-order valence-corrected chi connectivity index (χ1v) is 3.94. The third-order valence-corrected chi connectivity index (χ3v) is 2.07. The minimum Gasteiger partial charge on any atom is -0.398 e. The second-order valence-corrected chi connectivity index (χ2v) is 2.93. The zero-order valence-electron chi connectivity index (χ0n) is 6.96. The van der Waals surface area contributed by atoms with E-state index >= 15 is 0 Å². The molecule has 0 saturated heterocycles. The van der Waals surface area contributed by atoms with Gasteiger partial charge in [-0.3, -0.25) is 0 Å². The van der Waals surface area contributed by atoms with Crippen LogP contribution in [0.15, 0.2) is 30.5 Å². The molecule has 0 aliphatic carbocycles. The maximum absolute atomic E-state index is 5.81. The molecule has 0 aliphatic heterocycles. The molecule has 0 aliphatic rings. The highest BCUT2D eigenvalue weighted by atomic mass is 14.7. The van der Waals surface area contributed by atoms with Crippen LogP contribution in [0.3, 0.4) is 0 Å². The van der Waals surface area contributed by atoms with Gasteiger partial charge in [-0.05, 0) is 13.0 Å². The molecule has 2 nitrogen and oxygen atoms in total. The summed E-state index contributed by atoms with van der Waals surface area (Å²) in [6.45, 7) is 2.07. The van der Waals surface area contributed by atoms with E-state index in [1.165, 1.54) is 5.56 Å². The van der Waals surface area contributed by atoms with Crippen LogP contribution >= 0.6 is 0 Å². The molecule has 0 atom stereocenters. The number of hydrogen-bond donors (Lipinski definition) is 1. The van der Waals surface area contributed by atoms with Gasteiger partial charge in [-0.25, -0.2) is 4.98 Å². The van der Waals surface area contributed by atoms with Crippen molar-refractivity contribution in [3.05, 3.63) is 36.0 Å². The van der Waals surface area contributed by atoms with Crippen molar-refractivity contribution >= 4 is 16.6 Å². The van der Waals surface area contributed by atoms with Crippen molar-refractivity contribution in [2.45, 2.75) is 6.92 Å². The fraction of sp³-hybridized carbons (Fsp3) is 0.100. The van der Waals surface area contributed by atoms with E-state index in [0.29, 0.717) is 0 Å². The number of fused-ring (bicyclic) bond motifs is 1. The summed E-state index contributed by atoms with van der Waals surface area (Å²) in [7, 11) is 0. The van der Waals surface area contributed by atoms with Gasteiger partial charge in [0, 0.05) is 11.6 Å². The van der Waals surface area contributed by atoms with Gasteiger partial charge in [0.2, 0.25) is 5.52 Å². The fourth-order valence-corrected chi connectivity index (χ4v) is 1.40. The number of pyridine rings is 1. The number of aromatic amines is 1. The molecule has 0 bridgehead atoms. The van der Waals surface area contributed by atoms with E-state index in [-0.39, 0.29) is 0 Å². The lowest BCUT2D eigenvalue weighted by Crippen LogP contribution is -2.05. The Labute approximate surface area is 71.0 Å². The van der Waals surface area contributed by atoms with Crippen LogP contribution in [0.4, 0.5) is 5.69 Å². The van der Waals surface area contributed by atoms with Crippen LogP contribution in [-0.4, -0.2) is 0 Å². The van der Waals surface area contributed by atoms with Gasteiger partial charge in [0.15, 0.2) is 6.20 Å². The van der Waals surface area contributed by atoms with Gasteiger partial charge in [-0.1, -0.05) is 12.1 Å². The van der Waals surface area contributed by atoms with Crippen LogP contribution in [0.25, 0.3) is 10.9 Å². The minimum atomic E-state index is 0.826. The van der Waals surface area contributed by atoms with Crippen molar-refractivity contribution in [3.8, 4) is 0 Å². The number of nitrogens with one attached hydrogen (secondary N) is 1. The predicted octanol–water partition coefficient (Wildman–Crippen LogP) is 1.54. The molecule has 1 aromatic carbocycles. The number of H-pyrrole nitrogens is 1. The molecule has 3 N–H and O–H groups in total. The van der Waals surface area contributed by atoms with Crippen molar-refractivity contribution in [1.82, 2.24) is 0 Å². The third-order valence-electron chi connectivity index (χ3n) is 2.07. The molecule has 0 spiro atoms. The normalized spacial score (nSPS) is 10.4. The quantitative estimate of drug-likeness (QED) is 0.622. The van der Waals surface area contributed by atoms with Gasteiger partial charge in [0.1, 0.15) is 0 Å². The Morgan fingerprint density at radius 3 is 2.83 bits per heavy atom. The van der Waals surface area contributed by atoms with Crippen LogP contribution in [0.1, 0.15) is 5.56 Å². The SMILES string of the molecule is Cc1cccc2c(N)cc[nH+]c12. The minimum absolute atomic E-state index is 0.826. The Kier molecular flexibility index (Phi) is 1.47. The number of nitrogen functional groups attached to an aromatic ring is 1. The number of aromatic nitrogens is 1. The summed E-state index contributed by atoms with van der Waals surface area (Å²) in [5.41, 5.74) is 8.98. The first-order chi connectivity index (χ1) is 5.79. The van der Waals surface area contributed by atoms with E-state index in [2.05, 4.69) is 18.0 Å². The number of aryl methyl sites for hydroxylation is 1. The summed E-state index contributed by atoms with van der Waals surface area (Å²) in [4.78, 5) is 3.18. The summed E-state index contributed by atoms with van der Waals surface area (Å²) in [5, 5.41) is 1.09. The summed E-state index contributed by atoms with van der Waals surface area (Å²) in [5.74, 6) is 0. The van der Waals surface area contributed by atoms with Gasteiger partial charge >= 0.3 is 0 Å². The highest BCUT2D eigenvalue weighted by Crippen LogP contribution is 2.18. The molecule has 0 saturated carbocycles. The number of hydrogen-bond acceptors (Lipinski definition) is 1. The van der Waals surface area contributed by atoms with Crippen LogP contribution in [0.2, 0.25) is 0 Å². The smallest absolute Gasteiger partial charge is 0.215 e. The van der Waals surface area contributed by atoms with Gasteiger partial charge in [-0.15, -0.1) is 0 Å². The fourth-order valence-electron chi connectivity index (χ4n) is 1.40. The van der Waals surface area contributed by atoms with Crippen molar-refractivity contribution in [2.75, 3.05) is 5.73 Å². The first kappa shape index (κ1) is 7.10. The molecule has 0 amide bonds. The van der Waals surface area contributed by atoms with Gasteiger partial charge < -0.3 is 5.73 Å². The summed E-state index contributed by atoms with van der Waals surface area (Å²) in [6.07, 6.45) is 1.87. The van der Waals surface area contributed by atoms with Crippen LogP contribution in [0, 0.1) is 6.92 Å². The molecule has 60 valence electrons. The Morgan fingerprint density at radius 1 is 1.25 bits per heavy atom. The number of anilines is 1. The van der Waals surface area contributed by atoms with Gasteiger partial charge in [0.25, 0.3) is 0 Å². The predicted molar refractivity (Wildman–Crippen MR) is 49.7 cm³/mol. The molecule has 12 heavy (non-hydrogen) atoms. The number of nitrogens with two attached hydrogens (primary N) is 1. The number of benzene rings is 1. The molecule has 0 fully saturated rings. The topological polar surface area (TPSA) is 40.2 Å². The molecule has 2 aromatic rings. The van der Waals surface area contributed by atoms with Crippen LogP contribution < -0.4 is 10.7 Å². The van der Waals surface area contributed by atoms with Crippen LogP contribution in [0.5, 0.6) is 0 Å². The lowest BCUT2D eigenvalue weighted by molar-refractivity contribution is -0.344. The average molecular weight is 159 g/mol. The maximum Gasteiger partial charge on any atom is 0.215 e. The second-order valence-electron chi connectivity index (χ2n) is 2.93. The summed E-state index contributed by atoms with van der Waals surface area (Å²) < 4.78 is 0. The maximum atomic E-state index is 5.81. The van der Waals surface area contributed by atoms with Crippen molar-refractivity contribution in [1.29, 1.82) is 0 Å². The Morgan fingerprint density at radius 2 is 2.08 bits per heavy atom. The van der Waals surface area contributed by atoms with Crippen LogP contribution in [-0.2, 0) is 0 Å². The molecule has 0 unspecified atom stereocenters.